The van der Waals surface area contributed by atoms with E-state index in [0.717, 1.165) is 0 Å². The summed E-state index contributed by atoms with van der Waals surface area (Å²) in [6.45, 7) is 9.21. The van der Waals surface area contributed by atoms with Crippen molar-refractivity contribution >= 4 is 0 Å². The smallest absolute Gasteiger partial charge is 0.165 e. The summed E-state index contributed by atoms with van der Waals surface area (Å²) in [5, 5.41) is 8.67. The van der Waals surface area contributed by atoms with Crippen molar-refractivity contribution in [3.05, 3.63) is 29.8 Å². The first-order valence-corrected chi connectivity index (χ1v) is 7.98. The van der Waals surface area contributed by atoms with Crippen LogP contribution in [0, 0.1) is 5.92 Å². The molecule has 0 bridgehead atoms. The third-order valence-corrected chi connectivity index (χ3v) is 4.54. The summed E-state index contributed by atoms with van der Waals surface area (Å²) in [5.41, 5.74) is 1.49. The molecule has 0 unspecified atom stereocenters. The molecule has 2 nitrogen and oxygen atoms in total. The number of hydrogen-bond donors (Lipinski definition) is 1. The van der Waals surface area contributed by atoms with Crippen LogP contribution in [0.15, 0.2) is 24.3 Å². The van der Waals surface area contributed by atoms with E-state index in [2.05, 4.69) is 44.7 Å². The summed E-state index contributed by atoms with van der Waals surface area (Å²) >= 11 is 0. The second-order valence-corrected chi connectivity index (χ2v) is 6.32. The zero-order valence-corrected chi connectivity index (χ0v) is 13.5. The van der Waals surface area contributed by atoms with Crippen molar-refractivity contribution in [1.82, 2.24) is 0 Å². The molecular formula is C18H30O2. The van der Waals surface area contributed by atoms with Gasteiger partial charge in [-0.15, -0.1) is 0 Å². The van der Waals surface area contributed by atoms with Crippen molar-refractivity contribution in [1.29, 1.82) is 0 Å². The Labute approximate surface area is 124 Å². The van der Waals surface area contributed by atoms with E-state index in [0.29, 0.717) is 11.7 Å². The van der Waals surface area contributed by atoms with Crippen molar-refractivity contribution in [3.8, 4) is 5.75 Å². The van der Waals surface area contributed by atoms with Crippen molar-refractivity contribution in [2.24, 2.45) is 5.92 Å². The molecule has 2 heteroatoms. The monoisotopic (exact) mass is 278 g/mol. The summed E-state index contributed by atoms with van der Waals surface area (Å²) in [7, 11) is 0. The third kappa shape index (κ3) is 4.52. The average molecular weight is 278 g/mol. The second-order valence-electron chi connectivity index (χ2n) is 6.32. The molecule has 1 rings (SSSR count). The molecule has 0 aromatic heterocycles. The first kappa shape index (κ1) is 17.0. The molecule has 0 amide bonds. The lowest BCUT2D eigenvalue weighted by Gasteiger charge is -2.35. The van der Waals surface area contributed by atoms with E-state index in [1.165, 1.54) is 44.1 Å². The summed E-state index contributed by atoms with van der Waals surface area (Å²) in [6.07, 6.45) is 7.71. The van der Waals surface area contributed by atoms with Gasteiger partial charge in [-0.05, 0) is 41.9 Å². The van der Waals surface area contributed by atoms with Crippen LogP contribution in [0.3, 0.4) is 0 Å². The Morgan fingerprint density at radius 1 is 1.00 bits per heavy atom. The third-order valence-electron chi connectivity index (χ3n) is 4.54. The van der Waals surface area contributed by atoms with Crippen LogP contribution in [0.4, 0.5) is 0 Å². The number of hydrogen-bond acceptors (Lipinski definition) is 2. The fourth-order valence-corrected chi connectivity index (χ4v) is 2.95. The van der Waals surface area contributed by atoms with Gasteiger partial charge in [-0.2, -0.15) is 0 Å². The molecule has 0 aliphatic carbocycles. The molecule has 20 heavy (non-hydrogen) atoms. The van der Waals surface area contributed by atoms with Crippen LogP contribution in [-0.4, -0.2) is 5.26 Å². The molecule has 1 aromatic carbocycles. The molecule has 0 saturated carbocycles. The molecule has 0 aliphatic heterocycles. The van der Waals surface area contributed by atoms with Gasteiger partial charge in [-0.3, -0.25) is 0 Å². The fourth-order valence-electron chi connectivity index (χ4n) is 2.95. The van der Waals surface area contributed by atoms with Crippen LogP contribution in [0.1, 0.15) is 71.8 Å². The molecule has 0 atom stereocenters. The second kappa shape index (κ2) is 8.31. The molecule has 0 spiro atoms. The van der Waals surface area contributed by atoms with Gasteiger partial charge in [0, 0.05) is 0 Å². The minimum Gasteiger partial charge on any atom is -0.340 e. The zero-order valence-electron chi connectivity index (χ0n) is 13.5. The minimum absolute atomic E-state index is 0.165. The highest BCUT2D eigenvalue weighted by Crippen LogP contribution is 2.38. The normalized spacial score (nSPS) is 11.9. The zero-order chi connectivity index (χ0) is 15.0. The van der Waals surface area contributed by atoms with Crippen molar-refractivity contribution in [2.45, 2.75) is 71.6 Å². The van der Waals surface area contributed by atoms with E-state index in [9.17, 15) is 0 Å². The molecule has 1 N–H and O–H groups in total. The summed E-state index contributed by atoms with van der Waals surface area (Å²) in [4.78, 5) is 4.27. The predicted octanol–water partition coefficient (Wildman–Crippen LogP) is 5.81. The minimum atomic E-state index is 0.165. The van der Waals surface area contributed by atoms with Gasteiger partial charge in [0.05, 0.1) is 0 Å². The van der Waals surface area contributed by atoms with E-state index in [-0.39, 0.29) is 5.41 Å². The largest absolute Gasteiger partial charge is 0.340 e. The first-order chi connectivity index (χ1) is 9.56. The molecule has 0 saturated heterocycles. The average Bonchev–Trinajstić information content (AvgIpc) is 2.47. The lowest BCUT2D eigenvalue weighted by Crippen LogP contribution is -2.29. The Morgan fingerprint density at radius 3 is 1.90 bits per heavy atom. The van der Waals surface area contributed by atoms with Gasteiger partial charge >= 0.3 is 0 Å². The quantitative estimate of drug-likeness (QED) is 0.456. The Balaban J connectivity index is 2.87. The number of benzene rings is 1. The van der Waals surface area contributed by atoms with Crippen LogP contribution in [0.25, 0.3) is 0 Å². The van der Waals surface area contributed by atoms with Crippen molar-refractivity contribution in [3.63, 3.8) is 0 Å². The maximum Gasteiger partial charge on any atom is 0.165 e. The lowest BCUT2D eigenvalue weighted by molar-refractivity contribution is -0.137. The Bertz CT molecular complexity index is 360. The highest BCUT2D eigenvalue weighted by atomic mass is 17.1. The van der Waals surface area contributed by atoms with E-state index >= 15 is 0 Å². The summed E-state index contributed by atoms with van der Waals surface area (Å²) in [5.74, 6) is 1.21. The maximum atomic E-state index is 8.67. The van der Waals surface area contributed by atoms with Crippen LogP contribution in [0.2, 0.25) is 0 Å². The first-order valence-electron chi connectivity index (χ1n) is 7.98. The van der Waals surface area contributed by atoms with E-state index in [1.807, 2.05) is 12.1 Å². The molecule has 0 heterocycles. The predicted molar refractivity (Wildman–Crippen MR) is 85.3 cm³/mol. The Kier molecular flexibility index (Phi) is 7.08. The van der Waals surface area contributed by atoms with Gasteiger partial charge in [0.25, 0.3) is 0 Å². The standard InChI is InChI=1S/C18H30O2/c1-5-7-9-15(10-8-6-2)18(3,4)16-11-13-17(20-19)14-12-16/h11-15,19H,5-10H2,1-4H3. The van der Waals surface area contributed by atoms with Gasteiger partial charge in [0.15, 0.2) is 5.75 Å². The fraction of sp³-hybridized carbons (Fsp3) is 0.667. The SMILES string of the molecule is CCCCC(CCCC)C(C)(C)c1ccc(OO)cc1. The molecule has 114 valence electrons. The van der Waals surface area contributed by atoms with Crippen LogP contribution in [-0.2, 0) is 5.41 Å². The number of unbranched alkanes of at least 4 members (excludes halogenated alkanes) is 2. The summed E-state index contributed by atoms with van der Waals surface area (Å²) < 4.78 is 0. The molecule has 0 radical (unpaired) electrons. The molecule has 0 aliphatic rings. The van der Waals surface area contributed by atoms with E-state index in [4.69, 9.17) is 5.26 Å². The maximum absolute atomic E-state index is 8.67. The highest BCUT2D eigenvalue weighted by molar-refractivity contribution is 5.31. The molecule has 0 fully saturated rings. The topological polar surface area (TPSA) is 29.5 Å². The van der Waals surface area contributed by atoms with Gasteiger partial charge < -0.3 is 4.89 Å². The Morgan fingerprint density at radius 2 is 1.50 bits per heavy atom. The van der Waals surface area contributed by atoms with Crippen LogP contribution in [0.5, 0.6) is 5.75 Å². The van der Waals surface area contributed by atoms with Gasteiger partial charge in [-0.1, -0.05) is 65.5 Å². The van der Waals surface area contributed by atoms with Gasteiger partial charge in [0.2, 0.25) is 0 Å². The lowest BCUT2D eigenvalue weighted by atomic mass is 9.69. The van der Waals surface area contributed by atoms with Crippen molar-refractivity contribution in [2.75, 3.05) is 0 Å². The van der Waals surface area contributed by atoms with E-state index in [1.54, 1.807) is 0 Å². The Hall–Kier alpha value is -1.02. The summed E-state index contributed by atoms with van der Waals surface area (Å²) in [6, 6.07) is 7.84. The highest BCUT2D eigenvalue weighted by Gasteiger charge is 2.30. The van der Waals surface area contributed by atoms with Gasteiger partial charge in [-0.25, -0.2) is 5.26 Å². The van der Waals surface area contributed by atoms with Gasteiger partial charge in [0.1, 0.15) is 0 Å². The van der Waals surface area contributed by atoms with Crippen LogP contribution < -0.4 is 4.89 Å². The van der Waals surface area contributed by atoms with E-state index < -0.39 is 0 Å². The molecular weight excluding hydrogens is 248 g/mol. The van der Waals surface area contributed by atoms with Crippen LogP contribution >= 0.6 is 0 Å². The molecule has 1 aromatic rings. The van der Waals surface area contributed by atoms with Crippen molar-refractivity contribution < 1.29 is 10.1 Å². The number of rotatable bonds is 9.